The Bertz CT molecular complexity index is 576. The molecule has 0 amide bonds. The standard InChI is InChI=1S/C14H26O4.C12H20O3.CH4/c1-4-16-13(15)11-12-9-7-8-10-14(12,17-5-2)18-6-3;1-3-14-11-8-6-5-7-10(11)9-12(13)15-4-2;/h12H,4-11H2,1-3H3;8,10H,3-7,9H2,1-2H3;1H4. The summed E-state index contributed by atoms with van der Waals surface area (Å²) in [7, 11) is 0. The van der Waals surface area contributed by atoms with E-state index in [1.54, 1.807) is 0 Å². The van der Waals surface area contributed by atoms with Crippen LogP contribution in [-0.4, -0.2) is 50.8 Å². The van der Waals surface area contributed by atoms with Crippen LogP contribution in [0.2, 0.25) is 0 Å². The highest BCUT2D eigenvalue weighted by Crippen LogP contribution is 2.40. The second-order valence-corrected chi connectivity index (χ2v) is 8.31. The van der Waals surface area contributed by atoms with Crippen molar-refractivity contribution in [2.45, 2.75) is 106 Å². The molecule has 0 aromatic carbocycles. The molecule has 2 unspecified atom stereocenters. The third-order valence-electron chi connectivity index (χ3n) is 5.98. The molecule has 7 nitrogen and oxygen atoms in total. The van der Waals surface area contributed by atoms with Crippen molar-refractivity contribution in [1.82, 2.24) is 0 Å². The van der Waals surface area contributed by atoms with Gasteiger partial charge in [0.05, 0.1) is 38.4 Å². The van der Waals surface area contributed by atoms with E-state index in [1.165, 1.54) is 0 Å². The van der Waals surface area contributed by atoms with E-state index in [9.17, 15) is 9.59 Å². The van der Waals surface area contributed by atoms with Gasteiger partial charge >= 0.3 is 11.9 Å². The molecular formula is C27H50O7. The van der Waals surface area contributed by atoms with E-state index in [0.717, 1.165) is 50.7 Å². The highest BCUT2D eigenvalue weighted by Gasteiger charge is 2.43. The van der Waals surface area contributed by atoms with E-state index < -0.39 is 5.79 Å². The van der Waals surface area contributed by atoms with Crippen molar-refractivity contribution in [2.75, 3.05) is 33.0 Å². The highest BCUT2D eigenvalue weighted by molar-refractivity contribution is 5.70. The largest absolute Gasteiger partial charge is 0.498 e. The van der Waals surface area contributed by atoms with Crippen LogP contribution in [-0.2, 0) is 33.3 Å². The van der Waals surface area contributed by atoms with E-state index in [4.69, 9.17) is 23.7 Å². The molecule has 0 aromatic heterocycles. The maximum atomic E-state index is 11.7. The average Bonchev–Trinajstić information content (AvgIpc) is 2.78. The Hall–Kier alpha value is -1.60. The summed E-state index contributed by atoms with van der Waals surface area (Å²) in [6.07, 6.45) is 10.3. The third-order valence-corrected chi connectivity index (χ3v) is 5.98. The monoisotopic (exact) mass is 486 g/mol. The van der Waals surface area contributed by atoms with Crippen LogP contribution in [0.4, 0.5) is 0 Å². The summed E-state index contributed by atoms with van der Waals surface area (Å²) >= 11 is 0. The SMILES string of the molecule is C.CCOC(=O)CC1CCCC=C1OCC.CCOC(=O)CC1CCCCC1(OCC)OCC. The van der Waals surface area contributed by atoms with E-state index in [0.29, 0.717) is 45.9 Å². The minimum atomic E-state index is -0.575. The Labute approximate surface area is 207 Å². The maximum Gasteiger partial charge on any atom is 0.306 e. The van der Waals surface area contributed by atoms with Crippen molar-refractivity contribution < 1.29 is 33.3 Å². The molecule has 2 aliphatic rings. The molecule has 1 fully saturated rings. The molecule has 0 bridgehead atoms. The lowest BCUT2D eigenvalue weighted by Gasteiger charge is -2.42. The quantitative estimate of drug-likeness (QED) is 0.240. The Morgan fingerprint density at radius 3 is 2.00 bits per heavy atom. The number of allylic oxidation sites excluding steroid dienone is 2. The first-order chi connectivity index (χ1) is 16.0. The summed E-state index contributed by atoms with van der Waals surface area (Å²) in [6, 6.07) is 0. The molecule has 0 N–H and O–H groups in total. The van der Waals surface area contributed by atoms with Crippen LogP contribution in [0.3, 0.4) is 0 Å². The average molecular weight is 487 g/mol. The summed E-state index contributed by atoms with van der Waals surface area (Å²) in [4.78, 5) is 23.0. The molecule has 0 radical (unpaired) electrons. The molecule has 34 heavy (non-hydrogen) atoms. The fourth-order valence-corrected chi connectivity index (χ4v) is 4.66. The first kappa shape index (κ1) is 32.4. The summed E-state index contributed by atoms with van der Waals surface area (Å²) in [5, 5.41) is 0. The van der Waals surface area contributed by atoms with Gasteiger partial charge in [0.1, 0.15) is 0 Å². The number of carbonyl (C=O) groups is 2. The molecule has 0 heterocycles. The first-order valence-electron chi connectivity index (χ1n) is 12.9. The number of hydrogen-bond donors (Lipinski definition) is 0. The first-order valence-corrected chi connectivity index (χ1v) is 12.9. The van der Waals surface area contributed by atoms with Gasteiger partial charge in [-0.3, -0.25) is 9.59 Å². The van der Waals surface area contributed by atoms with Crippen LogP contribution in [0, 0.1) is 11.8 Å². The smallest absolute Gasteiger partial charge is 0.306 e. The van der Waals surface area contributed by atoms with Gasteiger partial charge in [-0.15, -0.1) is 0 Å². The molecule has 7 heteroatoms. The van der Waals surface area contributed by atoms with Crippen LogP contribution in [0.1, 0.15) is 99.8 Å². The molecule has 2 atom stereocenters. The van der Waals surface area contributed by atoms with Crippen molar-refractivity contribution in [1.29, 1.82) is 0 Å². The number of esters is 2. The minimum absolute atomic E-state index is 0. The Balaban J connectivity index is 0.000000632. The molecule has 2 rings (SSSR count). The second-order valence-electron chi connectivity index (χ2n) is 8.31. The van der Waals surface area contributed by atoms with Gasteiger partial charge in [0.25, 0.3) is 0 Å². The normalized spacial score (nSPS) is 21.1. The van der Waals surface area contributed by atoms with Gasteiger partial charge in [0, 0.05) is 31.5 Å². The van der Waals surface area contributed by atoms with E-state index in [-0.39, 0.29) is 31.2 Å². The molecule has 2 aliphatic carbocycles. The summed E-state index contributed by atoms with van der Waals surface area (Å²) in [5.74, 6) is 0.497. The van der Waals surface area contributed by atoms with Crippen LogP contribution >= 0.6 is 0 Å². The maximum absolute atomic E-state index is 11.7. The van der Waals surface area contributed by atoms with Crippen LogP contribution in [0.25, 0.3) is 0 Å². The predicted octanol–water partition coefficient (Wildman–Crippen LogP) is 6.20. The lowest BCUT2D eigenvalue weighted by atomic mass is 9.81. The Morgan fingerprint density at radius 2 is 1.44 bits per heavy atom. The zero-order chi connectivity index (χ0) is 24.5. The second kappa shape index (κ2) is 18.7. The molecule has 0 aliphatic heterocycles. The van der Waals surface area contributed by atoms with E-state index >= 15 is 0 Å². The molecule has 200 valence electrons. The van der Waals surface area contributed by atoms with Gasteiger partial charge in [-0.1, -0.05) is 13.8 Å². The molecular weight excluding hydrogens is 436 g/mol. The lowest BCUT2D eigenvalue weighted by molar-refractivity contribution is -0.277. The topological polar surface area (TPSA) is 80.3 Å². The number of hydrogen-bond acceptors (Lipinski definition) is 7. The molecule has 1 saturated carbocycles. The summed E-state index contributed by atoms with van der Waals surface area (Å²) in [5.41, 5.74) is 0. The minimum Gasteiger partial charge on any atom is -0.498 e. The van der Waals surface area contributed by atoms with Gasteiger partial charge in [0.15, 0.2) is 5.79 Å². The fraction of sp³-hybridized carbons (Fsp3) is 0.852. The molecule has 0 saturated heterocycles. The van der Waals surface area contributed by atoms with Crippen LogP contribution in [0.5, 0.6) is 0 Å². The zero-order valence-corrected chi connectivity index (χ0v) is 21.5. The zero-order valence-electron chi connectivity index (χ0n) is 21.5. The van der Waals surface area contributed by atoms with Gasteiger partial charge < -0.3 is 23.7 Å². The van der Waals surface area contributed by atoms with E-state index in [2.05, 4.69) is 6.08 Å². The van der Waals surface area contributed by atoms with Crippen LogP contribution in [0.15, 0.2) is 11.8 Å². The molecule has 0 spiro atoms. The van der Waals surface area contributed by atoms with Crippen molar-refractivity contribution in [3.8, 4) is 0 Å². The van der Waals surface area contributed by atoms with Gasteiger partial charge in [-0.05, 0) is 72.8 Å². The lowest BCUT2D eigenvalue weighted by Crippen LogP contribution is -2.47. The van der Waals surface area contributed by atoms with Crippen molar-refractivity contribution in [3.63, 3.8) is 0 Å². The molecule has 0 aromatic rings. The number of ether oxygens (including phenoxy) is 5. The highest BCUT2D eigenvalue weighted by atomic mass is 16.7. The van der Waals surface area contributed by atoms with Gasteiger partial charge in [-0.2, -0.15) is 0 Å². The Morgan fingerprint density at radius 1 is 0.824 bits per heavy atom. The van der Waals surface area contributed by atoms with Crippen molar-refractivity contribution in [2.24, 2.45) is 11.8 Å². The Kier molecular flexibility index (Phi) is 17.8. The number of rotatable bonds is 12. The fourth-order valence-electron chi connectivity index (χ4n) is 4.66. The van der Waals surface area contributed by atoms with Gasteiger partial charge in [-0.25, -0.2) is 0 Å². The van der Waals surface area contributed by atoms with Crippen molar-refractivity contribution >= 4 is 11.9 Å². The predicted molar refractivity (Wildman–Crippen MR) is 134 cm³/mol. The van der Waals surface area contributed by atoms with E-state index in [1.807, 2.05) is 34.6 Å². The van der Waals surface area contributed by atoms with Gasteiger partial charge in [0.2, 0.25) is 0 Å². The summed E-state index contributed by atoms with van der Waals surface area (Å²) in [6.45, 7) is 12.4. The van der Waals surface area contributed by atoms with Crippen molar-refractivity contribution in [3.05, 3.63) is 11.8 Å². The summed E-state index contributed by atoms with van der Waals surface area (Å²) < 4.78 is 27.3. The third kappa shape index (κ3) is 11.2. The number of carbonyl (C=O) groups excluding carboxylic acids is 2. The van der Waals surface area contributed by atoms with Crippen LogP contribution < -0.4 is 0 Å².